The lowest BCUT2D eigenvalue weighted by molar-refractivity contribution is 0.159. The normalized spacial score (nSPS) is 30.9. The second-order valence-corrected chi connectivity index (χ2v) is 6.91. The molecule has 2 aliphatic carbocycles. The molecule has 0 aromatic carbocycles. The highest BCUT2D eigenvalue weighted by Gasteiger charge is 2.28. The lowest BCUT2D eigenvalue weighted by atomic mass is 9.71. The topological polar surface area (TPSA) is 9.23 Å². The molecule has 1 unspecified atom stereocenters. The Balaban J connectivity index is 1.67. The van der Waals surface area contributed by atoms with Crippen LogP contribution in [-0.2, 0) is 4.74 Å². The molecule has 0 aromatic heterocycles. The van der Waals surface area contributed by atoms with Crippen molar-refractivity contribution in [2.24, 2.45) is 17.8 Å². The summed E-state index contributed by atoms with van der Waals surface area (Å²) in [4.78, 5) is 0. The molecule has 2 rings (SSSR count). The maximum atomic E-state index is 5.65. The predicted octanol–water partition coefficient (Wildman–Crippen LogP) is 6.09. The van der Waals surface area contributed by atoms with Gasteiger partial charge in [0.2, 0.25) is 0 Å². The zero-order valence-corrected chi connectivity index (χ0v) is 13.7. The summed E-state index contributed by atoms with van der Waals surface area (Å²) in [6.45, 7) is 5.23. The second-order valence-electron chi connectivity index (χ2n) is 6.91. The number of unbranched alkanes of at least 4 members (excludes halogenated alkanes) is 2. The molecule has 0 heterocycles. The molecule has 0 spiro atoms. The van der Waals surface area contributed by atoms with Crippen LogP contribution in [-0.4, -0.2) is 6.61 Å². The van der Waals surface area contributed by atoms with E-state index < -0.39 is 0 Å². The van der Waals surface area contributed by atoms with Crippen molar-refractivity contribution in [1.82, 2.24) is 0 Å². The number of hydrogen-bond donors (Lipinski definition) is 0. The summed E-state index contributed by atoms with van der Waals surface area (Å²) in [5.74, 6) is 4.28. The van der Waals surface area contributed by atoms with E-state index in [0.717, 1.165) is 24.4 Å². The lowest BCUT2D eigenvalue weighted by Gasteiger charge is -2.35. The van der Waals surface area contributed by atoms with E-state index in [0.29, 0.717) is 0 Å². The minimum atomic E-state index is 0.833. The number of hydrogen-bond acceptors (Lipinski definition) is 1. The molecule has 2 aliphatic rings. The fourth-order valence-corrected chi connectivity index (χ4v) is 4.21. The van der Waals surface area contributed by atoms with Crippen LogP contribution in [0.4, 0.5) is 0 Å². The van der Waals surface area contributed by atoms with E-state index in [2.05, 4.69) is 19.9 Å². The van der Waals surface area contributed by atoms with Gasteiger partial charge in [0, 0.05) is 6.42 Å². The Morgan fingerprint density at radius 1 is 1.00 bits per heavy atom. The van der Waals surface area contributed by atoms with Crippen molar-refractivity contribution in [1.29, 1.82) is 0 Å². The molecular weight excluding hydrogens is 244 g/mol. The first kappa shape index (κ1) is 15.9. The van der Waals surface area contributed by atoms with Crippen molar-refractivity contribution in [2.75, 3.05) is 6.61 Å². The van der Waals surface area contributed by atoms with E-state index in [9.17, 15) is 0 Å². The largest absolute Gasteiger partial charge is 0.499 e. The van der Waals surface area contributed by atoms with Gasteiger partial charge in [0.25, 0.3) is 0 Å². The third-order valence-corrected chi connectivity index (χ3v) is 5.51. The summed E-state index contributed by atoms with van der Waals surface area (Å²) in [7, 11) is 0. The summed E-state index contributed by atoms with van der Waals surface area (Å²) in [6, 6.07) is 0. The van der Waals surface area contributed by atoms with Crippen LogP contribution < -0.4 is 0 Å². The van der Waals surface area contributed by atoms with E-state index in [1.807, 2.05) is 0 Å². The van der Waals surface area contributed by atoms with Crippen LogP contribution in [0.15, 0.2) is 11.8 Å². The molecule has 1 fully saturated rings. The summed E-state index contributed by atoms with van der Waals surface area (Å²) in [6.07, 6.45) is 18.0. The number of ether oxygens (including phenoxy) is 1. The van der Waals surface area contributed by atoms with Gasteiger partial charge in [0.15, 0.2) is 0 Å². The third kappa shape index (κ3) is 4.82. The maximum Gasteiger partial charge on any atom is 0.0920 e. The Morgan fingerprint density at radius 3 is 2.40 bits per heavy atom. The molecule has 0 amide bonds. The van der Waals surface area contributed by atoms with E-state index in [4.69, 9.17) is 4.74 Å². The van der Waals surface area contributed by atoms with Gasteiger partial charge in [0.05, 0.1) is 12.4 Å². The average Bonchev–Trinajstić information content (AvgIpc) is 2.49. The first-order valence-corrected chi connectivity index (χ1v) is 9.15. The predicted molar refractivity (Wildman–Crippen MR) is 86.6 cm³/mol. The molecule has 1 nitrogen and oxygen atoms in total. The molecule has 116 valence electrons. The van der Waals surface area contributed by atoms with Gasteiger partial charge in [-0.05, 0) is 56.4 Å². The van der Waals surface area contributed by atoms with Crippen molar-refractivity contribution >= 4 is 0 Å². The zero-order valence-electron chi connectivity index (χ0n) is 13.7. The molecule has 0 radical (unpaired) electrons. The molecule has 20 heavy (non-hydrogen) atoms. The van der Waals surface area contributed by atoms with Gasteiger partial charge < -0.3 is 4.74 Å². The van der Waals surface area contributed by atoms with Crippen molar-refractivity contribution in [3.05, 3.63) is 11.8 Å². The maximum absolute atomic E-state index is 5.65. The SMILES string of the molecule is CCCCC[C@H]1CC[C@H](C2CC=C(OCC)CC2)CC1. The molecule has 0 aromatic rings. The van der Waals surface area contributed by atoms with Gasteiger partial charge in [-0.15, -0.1) is 0 Å². The van der Waals surface area contributed by atoms with E-state index in [1.165, 1.54) is 76.4 Å². The van der Waals surface area contributed by atoms with Crippen LogP contribution >= 0.6 is 0 Å². The Kier molecular flexibility index (Phi) is 6.96. The fraction of sp³-hybridized carbons (Fsp3) is 0.895. The minimum Gasteiger partial charge on any atom is -0.499 e. The molecule has 0 bridgehead atoms. The number of allylic oxidation sites excluding steroid dienone is 2. The Labute approximate surface area is 126 Å². The van der Waals surface area contributed by atoms with Gasteiger partial charge in [-0.3, -0.25) is 0 Å². The molecule has 0 N–H and O–H groups in total. The summed E-state index contributed by atoms with van der Waals surface area (Å²) < 4.78 is 5.65. The second kappa shape index (κ2) is 8.74. The Morgan fingerprint density at radius 2 is 1.80 bits per heavy atom. The minimum absolute atomic E-state index is 0.833. The Bertz CT molecular complexity index is 286. The third-order valence-electron chi connectivity index (χ3n) is 5.51. The quantitative estimate of drug-likeness (QED) is 0.512. The standard InChI is InChI=1S/C19H34O/c1-3-5-6-7-16-8-10-17(11-9-16)18-12-14-19(15-13-18)20-4-2/h14,16-18H,3-13,15H2,1-2H3/t16-,17-,18?. The summed E-state index contributed by atoms with van der Waals surface area (Å²) in [5, 5.41) is 0. The van der Waals surface area contributed by atoms with Crippen molar-refractivity contribution in [3.8, 4) is 0 Å². The van der Waals surface area contributed by atoms with Crippen LogP contribution in [0, 0.1) is 17.8 Å². The van der Waals surface area contributed by atoms with Crippen LogP contribution in [0.3, 0.4) is 0 Å². The molecule has 0 aliphatic heterocycles. The molecule has 0 saturated heterocycles. The van der Waals surface area contributed by atoms with Gasteiger partial charge in [-0.1, -0.05) is 45.4 Å². The van der Waals surface area contributed by atoms with E-state index in [1.54, 1.807) is 0 Å². The first-order chi connectivity index (χ1) is 9.83. The van der Waals surface area contributed by atoms with Gasteiger partial charge in [-0.25, -0.2) is 0 Å². The van der Waals surface area contributed by atoms with Crippen molar-refractivity contribution < 1.29 is 4.74 Å². The highest BCUT2D eigenvalue weighted by atomic mass is 16.5. The van der Waals surface area contributed by atoms with Crippen LogP contribution in [0.5, 0.6) is 0 Å². The zero-order chi connectivity index (χ0) is 14.2. The van der Waals surface area contributed by atoms with E-state index in [-0.39, 0.29) is 0 Å². The molecule has 1 heteroatoms. The average molecular weight is 278 g/mol. The van der Waals surface area contributed by atoms with Crippen LogP contribution in [0.25, 0.3) is 0 Å². The first-order valence-electron chi connectivity index (χ1n) is 9.15. The molecule has 1 atom stereocenters. The fourth-order valence-electron chi connectivity index (χ4n) is 4.21. The molecular formula is C19H34O. The molecule has 1 saturated carbocycles. The smallest absolute Gasteiger partial charge is 0.0920 e. The van der Waals surface area contributed by atoms with Gasteiger partial charge >= 0.3 is 0 Å². The summed E-state index contributed by atoms with van der Waals surface area (Å²) >= 11 is 0. The van der Waals surface area contributed by atoms with Crippen LogP contribution in [0.1, 0.15) is 84.5 Å². The monoisotopic (exact) mass is 278 g/mol. The highest BCUT2D eigenvalue weighted by molar-refractivity contribution is 5.00. The van der Waals surface area contributed by atoms with Gasteiger partial charge in [0.1, 0.15) is 0 Å². The van der Waals surface area contributed by atoms with E-state index >= 15 is 0 Å². The van der Waals surface area contributed by atoms with Crippen LogP contribution in [0.2, 0.25) is 0 Å². The van der Waals surface area contributed by atoms with Gasteiger partial charge in [-0.2, -0.15) is 0 Å². The summed E-state index contributed by atoms with van der Waals surface area (Å²) in [5.41, 5.74) is 0. The highest BCUT2D eigenvalue weighted by Crippen LogP contribution is 2.40. The number of rotatable bonds is 7. The Hall–Kier alpha value is -0.460. The van der Waals surface area contributed by atoms with Crippen molar-refractivity contribution in [3.63, 3.8) is 0 Å². The van der Waals surface area contributed by atoms with Crippen molar-refractivity contribution in [2.45, 2.75) is 84.5 Å². The lowest BCUT2D eigenvalue weighted by Crippen LogP contribution is -2.23.